The lowest BCUT2D eigenvalue weighted by molar-refractivity contribution is -0.146. The summed E-state index contributed by atoms with van der Waals surface area (Å²) in [5, 5.41) is 9.35. The average Bonchev–Trinajstić information content (AvgIpc) is 3.32. The van der Waals surface area contributed by atoms with Crippen LogP contribution >= 0.6 is 0 Å². The maximum absolute atomic E-state index is 12.5. The van der Waals surface area contributed by atoms with Gasteiger partial charge in [-0.25, -0.2) is 0 Å². The third-order valence-electron chi connectivity index (χ3n) is 14.4. The lowest BCUT2D eigenvalue weighted by Gasteiger charge is -2.22. The number of hydrogen-bond acceptors (Lipinski definition) is 6. The molecule has 0 aromatic heterocycles. The predicted octanol–water partition coefficient (Wildman–Crippen LogP) is 18.6. The van der Waals surface area contributed by atoms with Crippen molar-refractivity contribution >= 4 is 11.9 Å². The molecule has 0 aromatic carbocycles. The van der Waals surface area contributed by atoms with Crippen LogP contribution in [0.3, 0.4) is 0 Å². The Bertz CT molecular complexity index is 889. The van der Waals surface area contributed by atoms with E-state index >= 15 is 0 Å². The number of unbranched alkanes of at least 4 members (excludes halogenated alkanes) is 33. The number of hydrogen-bond donors (Lipinski definition) is 1. The van der Waals surface area contributed by atoms with E-state index in [2.05, 4.69) is 32.6 Å². The Hall–Kier alpha value is -1.14. The summed E-state index contributed by atoms with van der Waals surface area (Å²) in [5.41, 5.74) is 0. The van der Waals surface area contributed by atoms with Crippen LogP contribution in [0.25, 0.3) is 0 Å². The van der Waals surface area contributed by atoms with Gasteiger partial charge in [0, 0.05) is 19.4 Å². The maximum Gasteiger partial charge on any atom is 0.305 e. The van der Waals surface area contributed by atoms with Crippen molar-refractivity contribution in [1.82, 2.24) is 4.90 Å². The number of aliphatic hydroxyl groups is 1. The van der Waals surface area contributed by atoms with Gasteiger partial charge in [-0.3, -0.25) is 9.59 Å². The molecule has 0 heterocycles. The minimum atomic E-state index is 0.0292. The first-order valence-electron chi connectivity index (χ1n) is 30.1. The average molecular weight is 935 g/mol. The smallest absolute Gasteiger partial charge is 0.305 e. The van der Waals surface area contributed by atoms with Crippen molar-refractivity contribution in [3.63, 3.8) is 0 Å². The highest BCUT2D eigenvalue weighted by atomic mass is 16.5. The fourth-order valence-electron chi connectivity index (χ4n) is 9.80. The topological polar surface area (TPSA) is 76.1 Å². The standard InChI is InChI=1S/C60H119NO5/c1-5-9-13-17-29-37-47-57(45-35-15-11-7-3)55-65-59(63)49-39-31-25-21-19-23-27-33-41-51-61(53-43-44-54-62)52-42-34-28-24-20-22-26-32-40-50-60(64)66-56-58(46-36-16-12-8-4)48-38-30-18-14-10-6-2/h57-58,62H,5-56H2,1-4H3. The molecule has 0 rings (SSSR count). The monoisotopic (exact) mass is 934 g/mol. The van der Waals surface area contributed by atoms with E-state index < -0.39 is 0 Å². The Morgan fingerprint density at radius 1 is 0.333 bits per heavy atom. The molecule has 0 aromatic rings. The lowest BCUT2D eigenvalue weighted by Crippen LogP contribution is -2.27. The fraction of sp³-hybridized carbons (Fsp3) is 0.967. The number of esters is 2. The molecule has 6 heteroatoms. The second-order valence-electron chi connectivity index (χ2n) is 21.0. The molecule has 0 aliphatic carbocycles. The zero-order chi connectivity index (χ0) is 48.1. The van der Waals surface area contributed by atoms with Gasteiger partial charge in [-0.2, -0.15) is 0 Å². The minimum absolute atomic E-state index is 0.0292. The van der Waals surface area contributed by atoms with Crippen molar-refractivity contribution in [2.24, 2.45) is 11.8 Å². The Morgan fingerprint density at radius 3 is 0.879 bits per heavy atom. The Kier molecular flexibility index (Phi) is 53.8. The zero-order valence-corrected chi connectivity index (χ0v) is 45.5. The molecule has 0 saturated heterocycles. The molecule has 0 fully saturated rings. The molecule has 0 aliphatic rings. The van der Waals surface area contributed by atoms with E-state index in [-0.39, 0.29) is 11.9 Å². The largest absolute Gasteiger partial charge is 0.465 e. The number of carbonyl (C=O) groups is 2. The van der Waals surface area contributed by atoms with Crippen LogP contribution < -0.4 is 0 Å². The van der Waals surface area contributed by atoms with Crippen molar-refractivity contribution in [2.75, 3.05) is 39.5 Å². The van der Waals surface area contributed by atoms with Crippen molar-refractivity contribution in [3.05, 3.63) is 0 Å². The summed E-state index contributed by atoms with van der Waals surface area (Å²) in [6, 6.07) is 0. The van der Waals surface area contributed by atoms with Gasteiger partial charge in [-0.1, -0.05) is 246 Å². The van der Waals surface area contributed by atoms with Gasteiger partial charge in [0.25, 0.3) is 0 Å². The maximum atomic E-state index is 12.5. The normalized spacial score (nSPS) is 12.6. The molecule has 0 aliphatic heterocycles. The molecule has 0 amide bonds. The van der Waals surface area contributed by atoms with Crippen LogP contribution in [0.15, 0.2) is 0 Å². The molecule has 2 unspecified atom stereocenters. The molecular formula is C60H119NO5. The zero-order valence-electron chi connectivity index (χ0n) is 45.5. The molecular weight excluding hydrogens is 815 g/mol. The van der Waals surface area contributed by atoms with Crippen LogP contribution in [-0.2, 0) is 19.1 Å². The summed E-state index contributed by atoms with van der Waals surface area (Å²) in [4.78, 5) is 27.7. The summed E-state index contributed by atoms with van der Waals surface area (Å²) >= 11 is 0. The number of aliphatic hydroxyl groups excluding tert-OH is 1. The van der Waals surface area contributed by atoms with E-state index in [0.717, 1.165) is 45.1 Å². The third kappa shape index (κ3) is 49.3. The van der Waals surface area contributed by atoms with Crippen molar-refractivity contribution in [2.45, 2.75) is 323 Å². The summed E-state index contributed by atoms with van der Waals surface area (Å²) in [5.74, 6) is 1.17. The van der Waals surface area contributed by atoms with Gasteiger partial charge < -0.3 is 19.5 Å². The molecule has 0 spiro atoms. The first kappa shape index (κ1) is 64.9. The van der Waals surface area contributed by atoms with Crippen LogP contribution in [0.5, 0.6) is 0 Å². The summed E-state index contributed by atoms with van der Waals surface area (Å²) in [6.07, 6.45) is 56.9. The van der Waals surface area contributed by atoms with Gasteiger partial charge in [-0.05, 0) is 95.7 Å². The van der Waals surface area contributed by atoms with Gasteiger partial charge in [0.15, 0.2) is 0 Å². The molecule has 6 nitrogen and oxygen atoms in total. The second-order valence-corrected chi connectivity index (χ2v) is 21.0. The van der Waals surface area contributed by atoms with Gasteiger partial charge in [0.05, 0.1) is 13.2 Å². The number of ether oxygens (including phenoxy) is 2. The quantitative estimate of drug-likeness (QED) is 0.0484. The van der Waals surface area contributed by atoms with Crippen molar-refractivity contribution in [1.29, 1.82) is 0 Å². The first-order valence-corrected chi connectivity index (χ1v) is 30.1. The van der Waals surface area contributed by atoms with Gasteiger partial charge in [0.2, 0.25) is 0 Å². The van der Waals surface area contributed by atoms with E-state index in [1.807, 2.05) is 0 Å². The fourth-order valence-corrected chi connectivity index (χ4v) is 9.80. The highest BCUT2D eigenvalue weighted by Gasteiger charge is 2.14. The lowest BCUT2D eigenvalue weighted by atomic mass is 9.95. The first-order chi connectivity index (χ1) is 32.5. The van der Waals surface area contributed by atoms with Gasteiger partial charge in [0.1, 0.15) is 0 Å². The van der Waals surface area contributed by atoms with Crippen LogP contribution in [0.4, 0.5) is 0 Å². The molecule has 0 bridgehead atoms. The van der Waals surface area contributed by atoms with Crippen LogP contribution in [0, 0.1) is 11.8 Å². The van der Waals surface area contributed by atoms with Gasteiger partial charge >= 0.3 is 11.9 Å². The number of nitrogens with zero attached hydrogens (tertiary/aromatic N) is 1. The highest BCUT2D eigenvalue weighted by Crippen LogP contribution is 2.22. The van der Waals surface area contributed by atoms with E-state index in [1.54, 1.807) is 0 Å². The van der Waals surface area contributed by atoms with Crippen LogP contribution in [0.1, 0.15) is 323 Å². The van der Waals surface area contributed by atoms with Gasteiger partial charge in [-0.15, -0.1) is 0 Å². The molecule has 1 N–H and O–H groups in total. The molecule has 394 valence electrons. The molecule has 0 radical (unpaired) electrons. The number of rotatable bonds is 56. The van der Waals surface area contributed by atoms with E-state index in [1.165, 1.54) is 257 Å². The summed E-state index contributed by atoms with van der Waals surface area (Å²) in [7, 11) is 0. The van der Waals surface area contributed by atoms with E-state index in [4.69, 9.17) is 9.47 Å². The summed E-state index contributed by atoms with van der Waals surface area (Å²) < 4.78 is 11.6. The Morgan fingerprint density at radius 2 is 0.576 bits per heavy atom. The summed E-state index contributed by atoms with van der Waals surface area (Å²) in [6.45, 7) is 14.2. The minimum Gasteiger partial charge on any atom is -0.465 e. The number of carbonyl (C=O) groups excluding carboxylic acids is 2. The van der Waals surface area contributed by atoms with E-state index in [9.17, 15) is 14.7 Å². The van der Waals surface area contributed by atoms with Crippen LogP contribution in [-0.4, -0.2) is 61.4 Å². The second kappa shape index (κ2) is 54.8. The Balaban J connectivity index is 3.98. The highest BCUT2D eigenvalue weighted by molar-refractivity contribution is 5.69. The third-order valence-corrected chi connectivity index (χ3v) is 14.4. The molecule has 0 saturated carbocycles. The SMILES string of the molecule is CCCCCCCCC(CCCCCC)COC(=O)CCCCCCCCCCCN(CCCCO)CCCCCCCCCCCC(=O)OCC(CCCCCC)CCCCCCCC. The molecule has 2 atom stereocenters. The van der Waals surface area contributed by atoms with E-state index in [0.29, 0.717) is 44.5 Å². The Labute approximate surface area is 413 Å². The predicted molar refractivity (Wildman–Crippen MR) is 288 cm³/mol. The van der Waals surface area contributed by atoms with Crippen molar-refractivity contribution in [3.8, 4) is 0 Å². The van der Waals surface area contributed by atoms with Crippen molar-refractivity contribution < 1.29 is 24.2 Å². The molecule has 66 heavy (non-hydrogen) atoms. The van der Waals surface area contributed by atoms with Crippen LogP contribution in [0.2, 0.25) is 0 Å².